The van der Waals surface area contributed by atoms with Gasteiger partial charge in [0, 0.05) is 11.3 Å². The van der Waals surface area contributed by atoms with E-state index >= 15 is 0 Å². The van der Waals surface area contributed by atoms with Crippen LogP contribution in [-0.4, -0.2) is 22.7 Å². The number of nitrogens with one attached hydrogen (secondary N) is 2. The molecule has 5 nitrogen and oxygen atoms in total. The Morgan fingerprint density at radius 2 is 2.10 bits per heavy atom. The molecule has 112 valence electrons. The SMILES string of the molecule is Cc1[nH]ncc1C(=O)NC(C)c1ccccc1OC(F)F. The topological polar surface area (TPSA) is 67.0 Å². The van der Waals surface area contributed by atoms with E-state index in [0.29, 0.717) is 16.8 Å². The summed E-state index contributed by atoms with van der Waals surface area (Å²) in [5, 5.41) is 9.16. The third kappa shape index (κ3) is 3.56. The summed E-state index contributed by atoms with van der Waals surface area (Å²) in [4.78, 5) is 12.1. The highest BCUT2D eigenvalue weighted by Gasteiger charge is 2.18. The second kappa shape index (κ2) is 6.34. The van der Waals surface area contributed by atoms with Crippen molar-refractivity contribution in [2.45, 2.75) is 26.5 Å². The lowest BCUT2D eigenvalue weighted by Gasteiger charge is -2.17. The summed E-state index contributed by atoms with van der Waals surface area (Å²) in [6.45, 7) is 0.506. The molecular weight excluding hydrogens is 280 g/mol. The minimum Gasteiger partial charge on any atom is -0.434 e. The molecule has 0 aliphatic rings. The van der Waals surface area contributed by atoms with E-state index < -0.39 is 12.7 Å². The molecule has 0 radical (unpaired) electrons. The second-order valence-corrected chi connectivity index (χ2v) is 4.52. The first-order valence-corrected chi connectivity index (χ1v) is 6.33. The van der Waals surface area contributed by atoms with Gasteiger partial charge in [0.1, 0.15) is 5.75 Å². The molecule has 21 heavy (non-hydrogen) atoms. The van der Waals surface area contributed by atoms with Gasteiger partial charge >= 0.3 is 6.61 Å². The molecule has 0 aliphatic heterocycles. The lowest BCUT2D eigenvalue weighted by molar-refractivity contribution is -0.0506. The Bertz CT molecular complexity index is 628. The highest BCUT2D eigenvalue weighted by molar-refractivity contribution is 5.95. The Labute approximate surface area is 120 Å². The van der Waals surface area contributed by atoms with Gasteiger partial charge in [-0.15, -0.1) is 0 Å². The van der Waals surface area contributed by atoms with Crippen molar-refractivity contribution in [3.63, 3.8) is 0 Å². The van der Waals surface area contributed by atoms with Crippen molar-refractivity contribution in [2.24, 2.45) is 0 Å². The average molecular weight is 295 g/mol. The summed E-state index contributed by atoms with van der Waals surface area (Å²) in [6.07, 6.45) is 1.42. The van der Waals surface area contributed by atoms with Crippen LogP contribution >= 0.6 is 0 Å². The van der Waals surface area contributed by atoms with E-state index in [-0.39, 0.29) is 11.7 Å². The predicted octanol–water partition coefficient (Wildman–Crippen LogP) is 2.81. The quantitative estimate of drug-likeness (QED) is 0.891. The summed E-state index contributed by atoms with van der Waals surface area (Å²) in [7, 11) is 0. The van der Waals surface area contributed by atoms with E-state index in [9.17, 15) is 13.6 Å². The minimum atomic E-state index is -2.91. The lowest BCUT2D eigenvalue weighted by Crippen LogP contribution is -2.27. The average Bonchev–Trinajstić information content (AvgIpc) is 2.85. The van der Waals surface area contributed by atoms with Gasteiger partial charge in [0.05, 0.1) is 17.8 Å². The molecule has 0 spiro atoms. The molecule has 2 aromatic rings. The van der Waals surface area contributed by atoms with Gasteiger partial charge in [-0.3, -0.25) is 9.89 Å². The number of ether oxygens (including phenoxy) is 1. The third-order valence-corrected chi connectivity index (χ3v) is 3.02. The first-order chi connectivity index (χ1) is 9.99. The number of alkyl halides is 2. The van der Waals surface area contributed by atoms with Crippen LogP contribution in [0.1, 0.15) is 34.6 Å². The highest BCUT2D eigenvalue weighted by atomic mass is 19.3. The monoisotopic (exact) mass is 295 g/mol. The van der Waals surface area contributed by atoms with E-state index in [2.05, 4.69) is 20.3 Å². The van der Waals surface area contributed by atoms with Gasteiger partial charge in [-0.2, -0.15) is 13.9 Å². The number of rotatable bonds is 5. The maximum Gasteiger partial charge on any atom is 0.387 e. The zero-order valence-electron chi connectivity index (χ0n) is 11.6. The fraction of sp³-hybridized carbons (Fsp3) is 0.286. The summed E-state index contributed by atoms with van der Waals surface area (Å²) in [5.74, 6) is -0.287. The van der Waals surface area contributed by atoms with E-state index in [0.717, 1.165) is 0 Å². The molecule has 2 N–H and O–H groups in total. The van der Waals surface area contributed by atoms with Gasteiger partial charge in [0.2, 0.25) is 0 Å². The molecule has 2 rings (SSSR count). The number of nitrogens with zero attached hydrogens (tertiary/aromatic N) is 1. The molecule has 1 amide bonds. The molecule has 0 saturated heterocycles. The zero-order valence-corrected chi connectivity index (χ0v) is 11.6. The van der Waals surface area contributed by atoms with Crippen LogP contribution in [0.4, 0.5) is 8.78 Å². The van der Waals surface area contributed by atoms with Crippen LogP contribution in [0.15, 0.2) is 30.5 Å². The first kappa shape index (κ1) is 15.0. The summed E-state index contributed by atoms with van der Waals surface area (Å²) in [5.41, 5.74) is 1.53. The summed E-state index contributed by atoms with van der Waals surface area (Å²) in [6, 6.07) is 5.87. The molecule has 7 heteroatoms. The normalized spacial score (nSPS) is 12.2. The van der Waals surface area contributed by atoms with Crippen LogP contribution < -0.4 is 10.1 Å². The van der Waals surface area contributed by atoms with Gasteiger partial charge in [0.15, 0.2) is 0 Å². The van der Waals surface area contributed by atoms with Gasteiger partial charge in [-0.05, 0) is 19.9 Å². The maximum atomic E-state index is 12.4. The number of carbonyl (C=O) groups excluding carboxylic acids is 1. The molecule has 1 aromatic heterocycles. The van der Waals surface area contributed by atoms with Gasteiger partial charge in [-0.1, -0.05) is 18.2 Å². The maximum absolute atomic E-state index is 12.4. The summed E-state index contributed by atoms with van der Waals surface area (Å²) >= 11 is 0. The Hall–Kier alpha value is -2.44. The van der Waals surface area contributed by atoms with Gasteiger partial charge in [0.25, 0.3) is 5.91 Å². The lowest BCUT2D eigenvalue weighted by atomic mass is 10.1. The Balaban J connectivity index is 2.15. The molecule has 0 fully saturated rings. The molecular formula is C14H15F2N3O2. The second-order valence-electron chi connectivity index (χ2n) is 4.52. The van der Waals surface area contributed by atoms with Crippen LogP contribution in [0, 0.1) is 6.92 Å². The minimum absolute atomic E-state index is 0.0456. The number of para-hydroxylation sites is 1. The fourth-order valence-electron chi connectivity index (χ4n) is 1.97. The number of aromatic amines is 1. The van der Waals surface area contributed by atoms with Gasteiger partial charge < -0.3 is 10.1 Å². The molecule has 0 aliphatic carbocycles. The van der Waals surface area contributed by atoms with Crippen LogP contribution in [0.5, 0.6) is 5.75 Å². The highest BCUT2D eigenvalue weighted by Crippen LogP contribution is 2.26. The van der Waals surface area contributed by atoms with Crippen molar-refractivity contribution in [3.05, 3.63) is 47.3 Å². The third-order valence-electron chi connectivity index (χ3n) is 3.02. The largest absolute Gasteiger partial charge is 0.434 e. The number of benzene rings is 1. The molecule has 1 atom stereocenters. The van der Waals surface area contributed by atoms with E-state index in [1.54, 1.807) is 32.0 Å². The van der Waals surface area contributed by atoms with Crippen LogP contribution in [-0.2, 0) is 0 Å². The number of halogens is 2. The number of aromatic nitrogens is 2. The number of H-pyrrole nitrogens is 1. The van der Waals surface area contributed by atoms with E-state index in [1.165, 1.54) is 12.3 Å². The van der Waals surface area contributed by atoms with E-state index in [1.807, 2.05) is 0 Å². The Morgan fingerprint density at radius 3 is 2.71 bits per heavy atom. The van der Waals surface area contributed by atoms with Crippen molar-refractivity contribution < 1.29 is 18.3 Å². The molecule has 0 saturated carbocycles. The zero-order chi connectivity index (χ0) is 15.4. The molecule has 1 unspecified atom stereocenters. The van der Waals surface area contributed by atoms with Crippen LogP contribution in [0.3, 0.4) is 0 Å². The molecule has 0 bridgehead atoms. The summed E-state index contributed by atoms with van der Waals surface area (Å²) < 4.78 is 29.2. The van der Waals surface area contributed by atoms with E-state index in [4.69, 9.17) is 0 Å². The van der Waals surface area contributed by atoms with Crippen molar-refractivity contribution >= 4 is 5.91 Å². The predicted molar refractivity (Wildman–Crippen MR) is 72.3 cm³/mol. The molecule has 1 aromatic carbocycles. The Morgan fingerprint density at radius 1 is 1.38 bits per heavy atom. The Kier molecular flexibility index (Phi) is 4.52. The van der Waals surface area contributed by atoms with Crippen molar-refractivity contribution in [2.75, 3.05) is 0 Å². The van der Waals surface area contributed by atoms with Gasteiger partial charge in [-0.25, -0.2) is 0 Å². The number of amides is 1. The number of aryl methyl sites for hydroxylation is 1. The van der Waals surface area contributed by atoms with Crippen molar-refractivity contribution in [1.82, 2.24) is 15.5 Å². The van der Waals surface area contributed by atoms with Crippen LogP contribution in [0.2, 0.25) is 0 Å². The smallest absolute Gasteiger partial charge is 0.387 e. The number of hydrogen-bond acceptors (Lipinski definition) is 3. The van der Waals surface area contributed by atoms with Crippen LogP contribution in [0.25, 0.3) is 0 Å². The number of hydrogen-bond donors (Lipinski definition) is 2. The number of carbonyl (C=O) groups is 1. The molecule has 1 heterocycles. The standard InChI is InChI=1S/C14H15F2N3O2/c1-8(18-13(20)11-7-17-19-9(11)2)10-5-3-4-6-12(10)21-14(15)16/h3-8,14H,1-2H3,(H,17,19)(H,18,20). The fourth-order valence-corrected chi connectivity index (χ4v) is 1.97. The van der Waals surface area contributed by atoms with Crippen molar-refractivity contribution in [3.8, 4) is 5.75 Å². The van der Waals surface area contributed by atoms with Crippen molar-refractivity contribution in [1.29, 1.82) is 0 Å². The first-order valence-electron chi connectivity index (χ1n) is 6.33.